The number of rotatable bonds is 7. The highest BCUT2D eigenvalue weighted by molar-refractivity contribution is 5.96. The average molecular weight is 350 g/mol. The minimum absolute atomic E-state index is 0.0916. The molecule has 0 saturated carbocycles. The molecule has 0 bridgehead atoms. The number of hydrogen-bond acceptors (Lipinski definition) is 5. The van der Waals surface area contributed by atoms with Crippen LogP contribution in [0, 0.1) is 0 Å². The molecule has 1 N–H and O–H groups in total. The first-order chi connectivity index (χ1) is 12.7. The number of benzene rings is 2. The van der Waals surface area contributed by atoms with Crippen molar-refractivity contribution in [3.8, 4) is 11.1 Å². The summed E-state index contributed by atoms with van der Waals surface area (Å²) < 4.78 is 5.17. The minimum atomic E-state index is -0.0916. The van der Waals surface area contributed by atoms with Gasteiger partial charge in [0, 0.05) is 17.7 Å². The summed E-state index contributed by atoms with van der Waals surface area (Å²) in [7, 11) is 1.85. The number of likely N-dealkylation sites (N-methyl/N-ethyl adjacent to an activating group) is 1. The highest BCUT2D eigenvalue weighted by atomic mass is 16.5. The van der Waals surface area contributed by atoms with Gasteiger partial charge in [-0.15, -0.1) is 0 Å². The van der Waals surface area contributed by atoms with E-state index in [0.717, 1.165) is 23.2 Å². The van der Waals surface area contributed by atoms with E-state index < -0.39 is 0 Å². The van der Waals surface area contributed by atoms with Gasteiger partial charge in [-0.25, -0.2) is 0 Å². The van der Waals surface area contributed by atoms with Crippen molar-refractivity contribution in [2.24, 2.45) is 0 Å². The minimum Gasteiger partial charge on any atom is -0.338 e. The van der Waals surface area contributed by atoms with Crippen molar-refractivity contribution in [1.29, 1.82) is 0 Å². The SMILES string of the molecule is CCc1noc(CN(C)CC(=O)Nc2ccccc2-c2ccccc2)n1. The quantitative estimate of drug-likeness (QED) is 0.707. The van der Waals surface area contributed by atoms with Crippen LogP contribution < -0.4 is 5.32 Å². The van der Waals surface area contributed by atoms with Crippen molar-refractivity contribution in [1.82, 2.24) is 15.0 Å². The van der Waals surface area contributed by atoms with Crippen LogP contribution in [0.25, 0.3) is 11.1 Å². The second-order valence-electron chi connectivity index (χ2n) is 6.09. The van der Waals surface area contributed by atoms with Gasteiger partial charge in [0.15, 0.2) is 5.82 Å². The molecule has 1 heterocycles. The molecule has 0 radical (unpaired) electrons. The highest BCUT2D eigenvalue weighted by Gasteiger charge is 2.13. The summed E-state index contributed by atoms with van der Waals surface area (Å²) in [6, 6.07) is 17.8. The first-order valence-corrected chi connectivity index (χ1v) is 8.60. The molecule has 0 saturated heterocycles. The van der Waals surface area contributed by atoms with Gasteiger partial charge in [0.1, 0.15) is 0 Å². The first kappa shape index (κ1) is 17.8. The van der Waals surface area contributed by atoms with E-state index in [-0.39, 0.29) is 12.5 Å². The van der Waals surface area contributed by atoms with Crippen molar-refractivity contribution in [3.63, 3.8) is 0 Å². The van der Waals surface area contributed by atoms with Crippen molar-refractivity contribution in [2.45, 2.75) is 19.9 Å². The molecule has 0 aliphatic rings. The summed E-state index contributed by atoms with van der Waals surface area (Å²) in [6.45, 7) is 2.63. The number of para-hydroxylation sites is 1. The van der Waals surface area contributed by atoms with Crippen LogP contribution in [0.1, 0.15) is 18.6 Å². The predicted molar refractivity (Wildman–Crippen MR) is 101 cm³/mol. The summed E-state index contributed by atoms with van der Waals surface area (Å²) in [5, 5.41) is 6.86. The Morgan fingerprint density at radius 2 is 1.85 bits per heavy atom. The average Bonchev–Trinajstić information content (AvgIpc) is 3.10. The van der Waals surface area contributed by atoms with Crippen LogP contribution in [0.5, 0.6) is 0 Å². The third kappa shape index (κ3) is 4.55. The van der Waals surface area contributed by atoms with E-state index in [9.17, 15) is 4.79 Å². The van der Waals surface area contributed by atoms with Crippen molar-refractivity contribution in [3.05, 3.63) is 66.3 Å². The maximum Gasteiger partial charge on any atom is 0.240 e. The van der Waals surface area contributed by atoms with E-state index in [2.05, 4.69) is 15.5 Å². The van der Waals surface area contributed by atoms with E-state index in [1.165, 1.54) is 0 Å². The number of anilines is 1. The summed E-state index contributed by atoms with van der Waals surface area (Å²) in [5.74, 6) is 1.10. The highest BCUT2D eigenvalue weighted by Crippen LogP contribution is 2.27. The lowest BCUT2D eigenvalue weighted by atomic mass is 10.0. The summed E-state index contributed by atoms with van der Waals surface area (Å²) in [4.78, 5) is 18.5. The molecule has 0 unspecified atom stereocenters. The van der Waals surface area contributed by atoms with Gasteiger partial charge in [-0.3, -0.25) is 9.69 Å². The molecule has 0 aliphatic carbocycles. The molecule has 0 fully saturated rings. The number of nitrogens with one attached hydrogen (secondary N) is 1. The molecular formula is C20H22N4O2. The summed E-state index contributed by atoms with van der Waals surface area (Å²) in [6.07, 6.45) is 0.726. The van der Waals surface area contributed by atoms with E-state index in [1.807, 2.05) is 73.5 Å². The molecule has 1 amide bonds. The lowest BCUT2D eigenvalue weighted by Gasteiger charge is -2.15. The molecular weight excluding hydrogens is 328 g/mol. The second-order valence-corrected chi connectivity index (χ2v) is 6.09. The van der Waals surface area contributed by atoms with Gasteiger partial charge in [0.05, 0.1) is 13.1 Å². The van der Waals surface area contributed by atoms with Gasteiger partial charge in [-0.2, -0.15) is 4.98 Å². The number of carbonyl (C=O) groups excluding carboxylic acids is 1. The molecule has 6 nitrogen and oxygen atoms in total. The number of nitrogens with zero attached hydrogens (tertiary/aromatic N) is 3. The first-order valence-electron chi connectivity index (χ1n) is 8.60. The molecule has 3 rings (SSSR count). The van der Waals surface area contributed by atoms with Gasteiger partial charge in [-0.1, -0.05) is 60.6 Å². The Morgan fingerprint density at radius 1 is 1.12 bits per heavy atom. The van der Waals surface area contributed by atoms with E-state index >= 15 is 0 Å². The fraction of sp³-hybridized carbons (Fsp3) is 0.250. The molecule has 134 valence electrons. The van der Waals surface area contributed by atoms with Crippen LogP contribution in [0.4, 0.5) is 5.69 Å². The van der Waals surface area contributed by atoms with E-state index in [1.54, 1.807) is 0 Å². The standard InChI is InChI=1S/C20H22N4O2/c1-3-18-22-20(26-23-18)14-24(2)13-19(25)21-17-12-8-7-11-16(17)15-9-5-4-6-10-15/h4-12H,3,13-14H2,1-2H3,(H,21,25). The topological polar surface area (TPSA) is 71.3 Å². The molecule has 6 heteroatoms. The van der Waals surface area contributed by atoms with Crippen LogP contribution in [0.15, 0.2) is 59.1 Å². The Morgan fingerprint density at radius 3 is 2.58 bits per heavy atom. The van der Waals surface area contributed by atoms with Crippen LogP contribution >= 0.6 is 0 Å². The Labute approximate surface area is 152 Å². The molecule has 0 atom stereocenters. The Hall–Kier alpha value is -2.99. The van der Waals surface area contributed by atoms with Crippen molar-refractivity contribution < 1.29 is 9.32 Å². The Bertz CT molecular complexity index is 861. The molecule has 0 aliphatic heterocycles. The number of hydrogen-bond donors (Lipinski definition) is 1. The zero-order valence-electron chi connectivity index (χ0n) is 15.0. The number of aromatic nitrogens is 2. The van der Waals surface area contributed by atoms with E-state index in [0.29, 0.717) is 18.3 Å². The second kappa shape index (κ2) is 8.40. The number of amides is 1. The van der Waals surface area contributed by atoms with E-state index in [4.69, 9.17) is 4.52 Å². The van der Waals surface area contributed by atoms with Crippen LogP contribution in [-0.4, -0.2) is 34.5 Å². The lowest BCUT2D eigenvalue weighted by Crippen LogP contribution is -2.30. The summed E-state index contributed by atoms with van der Waals surface area (Å²) in [5.41, 5.74) is 2.85. The monoisotopic (exact) mass is 350 g/mol. The van der Waals surface area contributed by atoms with Gasteiger partial charge in [0.25, 0.3) is 0 Å². The molecule has 0 spiro atoms. The maximum atomic E-state index is 12.4. The smallest absolute Gasteiger partial charge is 0.240 e. The van der Waals surface area contributed by atoms with Crippen LogP contribution in [0.3, 0.4) is 0 Å². The fourth-order valence-corrected chi connectivity index (χ4v) is 2.68. The van der Waals surface area contributed by atoms with Gasteiger partial charge >= 0.3 is 0 Å². The van der Waals surface area contributed by atoms with Gasteiger partial charge in [-0.05, 0) is 18.7 Å². The molecule has 1 aromatic heterocycles. The van der Waals surface area contributed by atoms with Crippen LogP contribution in [-0.2, 0) is 17.8 Å². The predicted octanol–water partition coefficient (Wildman–Crippen LogP) is 3.37. The van der Waals surface area contributed by atoms with Crippen LogP contribution in [0.2, 0.25) is 0 Å². The Kier molecular flexibility index (Phi) is 5.76. The van der Waals surface area contributed by atoms with Crippen molar-refractivity contribution >= 4 is 11.6 Å². The normalized spacial score (nSPS) is 10.9. The zero-order valence-corrected chi connectivity index (χ0v) is 15.0. The largest absolute Gasteiger partial charge is 0.338 e. The molecule has 2 aromatic carbocycles. The third-order valence-electron chi connectivity index (χ3n) is 3.93. The lowest BCUT2D eigenvalue weighted by molar-refractivity contribution is -0.117. The maximum absolute atomic E-state index is 12.4. The number of aryl methyl sites for hydroxylation is 1. The van der Waals surface area contributed by atoms with Gasteiger partial charge in [0.2, 0.25) is 11.8 Å². The number of carbonyl (C=O) groups is 1. The Balaban J connectivity index is 1.63. The zero-order chi connectivity index (χ0) is 18.4. The van der Waals surface area contributed by atoms with Gasteiger partial charge < -0.3 is 9.84 Å². The fourth-order valence-electron chi connectivity index (χ4n) is 2.68. The third-order valence-corrected chi connectivity index (χ3v) is 3.93. The van der Waals surface area contributed by atoms with Crippen molar-refractivity contribution in [2.75, 3.05) is 18.9 Å². The molecule has 26 heavy (non-hydrogen) atoms. The molecule has 3 aromatic rings. The summed E-state index contributed by atoms with van der Waals surface area (Å²) >= 11 is 0.